The number of rotatable bonds is 3. The maximum Gasteiger partial charge on any atom is 0.228 e. The van der Waals surface area contributed by atoms with Crippen LogP contribution in [0, 0.1) is 0 Å². The molecule has 1 amide bonds. The number of benzene rings is 4. The van der Waals surface area contributed by atoms with Gasteiger partial charge in [-0.1, -0.05) is 72.8 Å². The molecule has 4 rings (SSSR count). The van der Waals surface area contributed by atoms with E-state index in [0.29, 0.717) is 6.42 Å². The predicted octanol–water partition coefficient (Wildman–Crippen LogP) is 5.17. The number of anilines is 1. The molecule has 0 atom stereocenters. The van der Waals surface area contributed by atoms with E-state index < -0.39 is 0 Å². The van der Waals surface area contributed by atoms with E-state index in [0.717, 1.165) is 27.4 Å². The Morgan fingerprint density at radius 3 is 2.29 bits per heavy atom. The summed E-state index contributed by atoms with van der Waals surface area (Å²) in [4.78, 5) is 12.5. The molecule has 4 aromatic carbocycles. The maximum atomic E-state index is 12.5. The van der Waals surface area contributed by atoms with Gasteiger partial charge in [0.05, 0.1) is 6.42 Å². The van der Waals surface area contributed by atoms with E-state index >= 15 is 0 Å². The van der Waals surface area contributed by atoms with Gasteiger partial charge in [0.2, 0.25) is 5.91 Å². The first-order chi connectivity index (χ1) is 11.8. The minimum Gasteiger partial charge on any atom is -0.326 e. The quantitative estimate of drug-likeness (QED) is 0.555. The molecule has 2 heteroatoms. The second-order valence-corrected chi connectivity index (χ2v) is 5.93. The topological polar surface area (TPSA) is 29.1 Å². The molecule has 0 fully saturated rings. The summed E-state index contributed by atoms with van der Waals surface area (Å²) >= 11 is 0. The van der Waals surface area contributed by atoms with Crippen molar-refractivity contribution in [3.8, 4) is 0 Å². The van der Waals surface area contributed by atoms with Crippen LogP contribution in [0.3, 0.4) is 0 Å². The second-order valence-electron chi connectivity index (χ2n) is 5.93. The summed E-state index contributed by atoms with van der Waals surface area (Å²) in [5.41, 5.74) is 1.88. The van der Waals surface area contributed by atoms with Crippen LogP contribution in [0.5, 0.6) is 0 Å². The first-order valence-corrected chi connectivity index (χ1v) is 8.05. The van der Waals surface area contributed by atoms with Crippen LogP contribution in [0.15, 0.2) is 84.9 Å². The Bertz CT molecular complexity index is 1030. The number of carbonyl (C=O) groups is 1. The van der Waals surface area contributed by atoms with Crippen molar-refractivity contribution < 1.29 is 4.79 Å². The molecule has 4 aromatic rings. The van der Waals surface area contributed by atoms with E-state index in [2.05, 4.69) is 35.6 Å². The summed E-state index contributed by atoms with van der Waals surface area (Å²) in [6.45, 7) is 0. The highest BCUT2D eigenvalue weighted by Crippen LogP contribution is 2.21. The van der Waals surface area contributed by atoms with Gasteiger partial charge < -0.3 is 5.32 Å². The van der Waals surface area contributed by atoms with Crippen molar-refractivity contribution in [2.75, 3.05) is 5.32 Å². The number of carbonyl (C=O) groups excluding carboxylic acids is 1. The maximum absolute atomic E-state index is 12.5. The number of amides is 1. The van der Waals surface area contributed by atoms with Gasteiger partial charge in [0.25, 0.3) is 0 Å². The van der Waals surface area contributed by atoms with E-state index in [-0.39, 0.29) is 5.91 Å². The van der Waals surface area contributed by atoms with Crippen LogP contribution in [-0.4, -0.2) is 5.91 Å². The van der Waals surface area contributed by atoms with Gasteiger partial charge in [0, 0.05) is 5.69 Å². The second kappa shape index (κ2) is 6.17. The molecular weight excluding hydrogens is 294 g/mol. The van der Waals surface area contributed by atoms with E-state index in [1.54, 1.807) is 0 Å². The highest BCUT2D eigenvalue weighted by Gasteiger charge is 2.07. The molecule has 0 bridgehead atoms. The third-order valence-electron chi connectivity index (χ3n) is 4.26. The zero-order chi connectivity index (χ0) is 16.4. The number of nitrogens with one attached hydrogen (secondary N) is 1. The number of hydrogen-bond donors (Lipinski definition) is 1. The van der Waals surface area contributed by atoms with Crippen LogP contribution in [0.25, 0.3) is 21.5 Å². The molecule has 2 nitrogen and oxygen atoms in total. The molecule has 0 aliphatic carbocycles. The van der Waals surface area contributed by atoms with Gasteiger partial charge in [-0.3, -0.25) is 4.79 Å². The van der Waals surface area contributed by atoms with Crippen LogP contribution in [-0.2, 0) is 11.2 Å². The summed E-state index contributed by atoms with van der Waals surface area (Å²) in [7, 11) is 0. The molecule has 0 radical (unpaired) electrons. The first-order valence-electron chi connectivity index (χ1n) is 8.05. The lowest BCUT2D eigenvalue weighted by molar-refractivity contribution is -0.115. The average Bonchev–Trinajstić information content (AvgIpc) is 2.62. The summed E-state index contributed by atoms with van der Waals surface area (Å²) in [6.07, 6.45) is 0.369. The molecule has 0 unspecified atom stereocenters. The fourth-order valence-electron chi connectivity index (χ4n) is 3.09. The van der Waals surface area contributed by atoms with Crippen molar-refractivity contribution in [2.45, 2.75) is 6.42 Å². The van der Waals surface area contributed by atoms with Crippen molar-refractivity contribution in [2.24, 2.45) is 0 Å². The molecule has 0 aliphatic rings. The van der Waals surface area contributed by atoms with Crippen LogP contribution in [0.1, 0.15) is 5.56 Å². The fourth-order valence-corrected chi connectivity index (χ4v) is 3.09. The Morgan fingerprint density at radius 2 is 1.42 bits per heavy atom. The third-order valence-corrected chi connectivity index (χ3v) is 4.26. The summed E-state index contributed by atoms with van der Waals surface area (Å²) in [5.74, 6) is 0.00151. The standard InChI is InChI=1S/C22H17NO/c24-22(15-19-10-5-9-17-7-3-4-11-21(17)19)23-20-13-12-16-6-1-2-8-18(16)14-20/h1-14H,15H2,(H,23,24). The fraction of sp³-hybridized carbons (Fsp3) is 0.0455. The smallest absolute Gasteiger partial charge is 0.228 e. The first kappa shape index (κ1) is 14.5. The normalized spacial score (nSPS) is 10.8. The van der Waals surface area contributed by atoms with Crippen molar-refractivity contribution in [3.63, 3.8) is 0 Å². The van der Waals surface area contributed by atoms with Gasteiger partial charge in [-0.25, -0.2) is 0 Å². The largest absolute Gasteiger partial charge is 0.326 e. The molecule has 0 aromatic heterocycles. The lowest BCUT2D eigenvalue weighted by atomic mass is 10.0. The molecule has 24 heavy (non-hydrogen) atoms. The van der Waals surface area contributed by atoms with Crippen LogP contribution in [0.2, 0.25) is 0 Å². The molecular formula is C22H17NO. The van der Waals surface area contributed by atoms with Crippen molar-refractivity contribution in [1.82, 2.24) is 0 Å². The summed E-state index contributed by atoms with van der Waals surface area (Å²) < 4.78 is 0. The van der Waals surface area contributed by atoms with Gasteiger partial charge in [-0.15, -0.1) is 0 Å². The van der Waals surface area contributed by atoms with Gasteiger partial charge >= 0.3 is 0 Å². The van der Waals surface area contributed by atoms with Crippen LogP contribution < -0.4 is 5.32 Å². The average molecular weight is 311 g/mol. The predicted molar refractivity (Wildman–Crippen MR) is 100 cm³/mol. The van der Waals surface area contributed by atoms with Crippen LogP contribution in [0.4, 0.5) is 5.69 Å². The molecule has 0 saturated carbocycles. The van der Waals surface area contributed by atoms with Gasteiger partial charge in [-0.2, -0.15) is 0 Å². The zero-order valence-electron chi connectivity index (χ0n) is 13.2. The summed E-state index contributed by atoms with van der Waals surface area (Å²) in [5, 5.41) is 7.60. The van der Waals surface area contributed by atoms with E-state index in [1.807, 2.05) is 54.6 Å². The molecule has 0 saturated heterocycles. The number of fused-ring (bicyclic) bond motifs is 2. The summed E-state index contributed by atoms with van der Waals surface area (Å²) in [6, 6.07) is 28.4. The highest BCUT2D eigenvalue weighted by molar-refractivity contribution is 5.98. The SMILES string of the molecule is O=C(Cc1cccc2ccccc12)Nc1ccc2ccccc2c1. The highest BCUT2D eigenvalue weighted by atomic mass is 16.1. The Hall–Kier alpha value is -3.13. The lowest BCUT2D eigenvalue weighted by Gasteiger charge is -2.09. The Kier molecular flexibility index (Phi) is 3.72. The van der Waals surface area contributed by atoms with Crippen molar-refractivity contribution in [1.29, 1.82) is 0 Å². The molecule has 0 spiro atoms. The van der Waals surface area contributed by atoms with Gasteiger partial charge in [-0.05, 0) is 39.2 Å². The Morgan fingerprint density at radius 1 is 0.708 bits per heavy atom. The van der Waals surface area contributed by atoms with Gasteiger partial charge in [0.1, 0.15) is 0 Å². The Labute approximate surface area is 140 Å². The zero-order valence-corrected chi connectivity index (χ0v) is 13.2. The van der Waals surface area contributed by atoms with Crippen molar-refractivity contribution >= 4 is 33.1 Å². The molecule has 0 heterocycles. The number of hydrogen-bond acceptors (Lipinski definition) is 1. The Balaban J connectivity index is 1.57. The van der Waals surface area contributed by atoms with Gasteiger partial charge in [0.15, 0.2) is 0 Å². The van der Waals surface area contributed by atoms with E-state index in [1.165, 1.54) is 5.39 Å². The molecule has 116 valence electrons. The van der Waals surface area contributed by atoms with E-state index in [4.69, 9.17) is 0 Å². The minimum absolute atomic E-state index is 0.00151. The molecule has 1 N–H and O–H groups in total. The lowest BCUT2D eigenvalue weighted by Crippen LogP contribution is -2.14. The van der Waals surface area contributed by atoms with E-state index in [9.17, 15) is 4.79 Å². The monoisotopic (exact) mass is 311 g/mol. The van der Waals surface area contributed by atoms with Crippen molar-refractivity contribution in [3.05, 3.63) is 90.5 Å². The third kappa shape index (κ3) is 2.86. The van der Waals surface area contributed by atoms with Crippen LogP contribution >= 0.6 is 0 Å². The minimum atomic E-state index is 0.00151. The molecule has 0 aliphatic heterocycles.